The third kappa shape index (κ3) is 5.06. The number of amides is 1. The summed E-state index contributed by atoms with van der Waals surface area (Å²) in [4.78, 5) is 33.2. The van der Waals surface area contributed by atoms with Crippen molar-refractivity contribution in [2.75, 3.05) is 11.9 Å². The summed E-state index contributed by atoms with van der Waals surface area (Å²) in [5.74, 6) is -1.27. The van der Waals surface area contributed by atoms with Crippen molar-refractivity contribution in [1.82, 2.24) is 0 Å². The molecule has 0 aliphatic heterocycles. The molecule has 7 heteroatoms. The van der Waals surface area contributed by atoms with Crippen LogP contribution in [0.5, 0.6) is 0 Å². The second kappa shape index (κ2) is 7.78. The maximum absolute atomic E-state index is 11.7. The second-order valence-corrected chi connectivity index (χ2v) is 4.19. The SMILES string of the molecule is CC/C=C/C(=O)OCC(=O)Nc1c(C)cccc1[N+](=O)[O-]. The highest BCUT2D eigenvalue weighted by Gasteiger charge is 2.18. The van der Waals surface area contributed by atoms with Gasteiger partial charge in [-0.05, 0) is 18.9 Å². The van der Waals surface area contributed by atoms with Crippen LogP contribution >= 0.6 is 0 Å². The standard InChI is InChI=1S/C14H16N2O5/c1-3-4-8-13(18)21-9-12(17)15-14-10(2)6-5-7-11(14)16(19)20/h4-8H,3,9H2,1-2H3,(H,15,17)/b8-4+. The summed E-state index contributed by atoms with van der Waals surface area (Å²) >= 11 is 0. The number of nitrogens with zero attached hydrogens (tertiary/aromatic N) is 1. The topological polar surface area (TPSA) is 98.5 Å². The second-order valence-electron chi connectivity index (χ2n) is 4.19. The zero-order valence-electron chi connectivity index (χ0n) is 11.8. The van der Waals surface area contributed by atoms with Crippen molar-refractivity contribution < 1.29 is 19.2 Å². The number of hydrogen-bond donors (Lipinski definition) is 1. The molecule has 7 nitrogen and oxygen atoms in total. The van der Waals surface area contributed by atoms with Crippen LogP contribution in [-0.2, 0) is 14.3 Å². The number of esters is 1. The van der Waals surface area contributed by atoms with E-state index in [1.54, 1.807) is 19.1 Å². The summed E-state index contributed by atoms with van der Waals surface area (Å²) in [5.41, 5.74) is 0.447. The van der Waals surface area contributed by atoms with Crippen molar-refractivity contribution in [2.24, 2.45) is 0 Å². The number of rotatable bonds is 6. The lowest BCUT2D eigenvalue weighted by atomic mass is 10.1. The van der Waals surface area contributed by atoms with E-state index in [1.165, 1.54) is 18.2 Å². The Morgan fingerprint density at radius 3 is 2.76 bits per heavy atom. The average molecular weight is 292 g/mol. The summed E-state index contributed by atoms with van der Waals surface area (Å²) in [7, 11) is 0. The number of anilines is 1. The number of nitro groups is 1. The number of nitrogens with one attached hydrogen (secondary N) is 1. The van der Waals surface area contributed by atoms with Gasteiger partial charge >= 0.3 is 5.97 Å². The van der Waals surface area contributed by atoms with Crippen LogP contribution in [0, 0.1) is 17.0 Å². The van der Waals surface area contributed by atoms with Crippen LogP contribution in [0.3, 0.4) is 0 Å². The van der Waals surface area contributed by atoms with E-state index in [2.05, 4.69) is 5.32 Å². The minimum atomic E-state index is -0.634. The normalized spacial score (nSPS) is 10.4. The molecule has 0 atom stereocenters. The zero-order valence-corrected chi connectivity index (χ0v) is 11.8. The Morgan fingerprint density at radius 2 is 2.14 bits per heavy atom. The number of carbonyl (C=O) groups excluding carboxylic acids is 2. The highest BCUT2D eigenvalue weighted by molar-refractivity contribution is 5.96. The van der Waals surface area contributed by atoms with Gasteiger partial charge in [0, 0.05) is 12.1 Å². The van der Waals surface area contributed by atoms with Gasteiger partial charge in [-0.2, -0.15) is 0 Å². The van der Waals surface area contributed by atoms with Crippen LogP contribution in [0.25, 0.3) is 0 Å². The van der Waals surface area contributed by atoms with Gasteiger partial charge in [-0.25, -0.2) is 4.79 Å². The lowest BCUT2D eigenvalue weighted by molar-refractivity contribution is -0.384. The first kappa shape index (κ1) is 16.4. The number of aryl methyl sites for hydroxylation is 1. The van der Waals surface area contributed by atoms with Crippen LogP contribution in [0.2, 0.25) is 0 Å². The highest BCUT2D eigenvalue weighted by Crippen LogP contribution is 2.27. The minimum absolute atomic E-state index is 0.104. The van der Waals surface area contributed by atoms with E-state index in [1.807, 2.05) is 6.92 Å². The van der Waals surface area contributed by atoms with Crippen molar-refractivity contribution >= 4 is 23.3 Å². The Labute approximate surface area is 121 Å². The lowest BCUT2D eigenvalue weighted by Gasteiger charge is -2.08. The molecule has 0 saturated heterocycles. The third-order valence-electron chi connectivity index (χ3n) is 2.55. The number of allylic oxidation sites excluding steroid dienone is 1. The average Bonchev–Trinajstić information content (AvgIpc) is 2.44. The molecule has 0 spiro atoms. The summed E-state index contributed by atoms with van der Waals surface area (Å²) in [6, 6.07) is 4.45. The Balaban J connectivity index is 2.69. The van der Waals surface area contributed by atoms with Crippen LogP contribution in [-0.4, -0.2) is 23.4 Å². The van der Waals surface area contributed by atoms with Gasteiger partial charge in [0.2, 0.25) is 0 Å². The molecule has 0 heterocycles. The molecule has 0 aliphatic carbocycles. The summed E-state index contributed by atoms with van der Waals surface area (Å²) in [5, 5.41) is 13.3. The van der Waals surface area contributed by atoms with Gasteiger partial charge in [0.05, 0.1) is 4.92 Å². The first-order chi connectivity index (χ1) is 9.95. The molecule has 0 aliphatic rings. The predicted molar refractivity (Wildman–Crippen MR) is 76.9 cm³/mol. The fourth-order valence-corrected chi connectivity index (χ4v) is 1.54. The summed E-state index contributed by atoms with van der Waals surface area (Å²) in [6.45, 7) is 2.99. The van der Waals surface area contributed by atoms with Crippen molar-refractivity contribution in [3.8, 4) is 0 Å². The predicted octanol–water partition coefficient (Wildman–Crippen LogP) is 2.35. The maximum Gasteiger partial charge on any atom is 0.330 e. The van der Waals surface area contributed by atoms with Gasteiger partial charge in [-0.15, -0.1) is 0 Å². The summed E-state index contributed by atoms with van der Waals surface area (Å²) in [6.07, 6.45) is 3.51. The maximum atomic E-state index is 11.7. The Kier molecular flexibility index (Phi) is 6.06. The minimum Gasteiger partial charge on any atom is -0.452 e. The van der Waals surface area contributed by atoms with Crippen molar-refractivity contribution in [3.05, 3.63) is 46.0 Å². The first-order valence-electron chi connectivity index (χ1n) is 6.32. The summed E-state index contributed by atoms with van der Waals surface area (Å²) < 4.78 is 4.71. The van der Waals surface area contributed by atoms with Crippen molar-refractivity contribution in [2.45, 2.75) is 20.3 Å². The monoisotopic (exact) mass is 292 g/mol. The van der Waals surface area contributed by atoms with E-state index in [9.17, 15) is 19.7 Å². The van der Waals surface area contributed by atoms with Crippen LogP contribution < -0.4 is 5.32 Å². The first-order valence-corrected chi connectivity index (χ1v) is 6.32. The van der Waals surface area contributed by atoms with E-state index in [4.69, 9.17) is 4.74 Å². The number of nitro benzene ring substituents is 1. The molecule has 21 heavy (non-hydrogen) atoms. The van der Waals surface area contributed by atoms with Gasteiger partial charge < -0.3 is 10.1 Å². The number of carbonyl (C=O) groups is 2. The van der Waals surface area contributed by atoms with Crippen LogP contribution in [0.15, 0.2) is 30.4 Å². The third-order valence-corrected chi connectivity index (χ3v) is 2.55. The highest BCUT2D eigenvalue weighted by atomic mass is 16.6. The Bertz CT molecular complexity index is 581. The molecule has 0 radical (unpaired) electrons. The Hall–Kier alpha value is -2.70. The van der Waals surface area contributed by atoms with Gasteiger partial charge in [0.25, 0.3) is 11.6 Å². The molecule has 0 saturated carbocycles. The lowest BCUT2D eigenvalue weighted by Crippen LogP contribution is -2.21. The van der Waals surface area contributed by atoms with E-state index >= 15 is 0 Å². The van der Waals surface area contributed by atoms with Crippen LogP contribution in [0.4, 0.5) is 11.4 Å². The van der Waals surface area contributed by atoms with Gasteiger partial charge in [-0.1, -0.05) is 25.1 Å². The largest absolute Gasteiger partial charge is 0.452 e. The zero-order chi connectivity index (χ0) is 15.8. The number of benzene rings is 1. The molecule has 0 fully saturated rings. The molecule has 1 rings (SSSR count). The van der Waals surface area contributed by atoms with E-state index in [0.29, 0.717) is 12.0 Å². The van der Waals surface area contributed by atoms with Crippen molar-refractivity contribution in [1.29, 1.82) is 0 Å². The molecule has 112 valence electrons. The van der Waals surface area contributed by atoms with Gasteiger partial charge in [0.1, 0.15) is 5.69 Å². The molecule has 1 N–H and O–H groups in total. The molecule has 0 unspecified atom stereocenters. The number of hydrogen-bond acceptors (Lipinski definition) is 5. The van der Waals surface area contributed by atoms with Gasteiger partial charge in [0.15, 0.2) is 6.61 Å². The fraction of sp³-hybridized carbons (Fsp3) is 0.286. The van der Waals surface area contributed by atoms with Gasteiger partial charge in [-0.3, -0.25) is 14.9 Å². The van der Waals surface area contributed by atoms with E-state index < -0.39 is 23.4 Å². The molecule has 0 aromatic heterocycles. The number of ether oxygens (including phenoxy) is 1. The fourth-order valence-electron chi connectivity index (χ4n) is 1.54. The van der Waals surface area contributed by atoms with Crippen molar-refractivity contribution in [3.63, 3.8) is 0 Å². The molecule has 1 aromatic carbocycles. The molecule has 0 bridgehead atoms. The molecule has 1 aromatic rings. The Morgan fingerprint density at radius 1 is 1.43 bits per heavy atom. The quantitative estimate of drug-likeness (QED) is 0.375. The molecule has 1 amide bonds. The smallest absolute Gasteiger partial charge is 0.330 e. The van der Waals surface area contributed by atoms with E-state index in [-0.39, 0.29) is 11.4 Å². The van der Waals surface area contributed by atoms with E-state index in [0.717, 1.165) is 0 Å². The van der Waals surface area contributed by atoms with Crippen LogP contribution in [0.1, 0.15) is 18.9 Å². The molecular weight excluding hydrogens is 276 g/mol. The number of para-hydroxylation sites is 1. The molecular formula is C14H16N2O5.